The number of hydrogen-bond acceptors (Lipinski definition) is 4. The van der Waals surface area contributed by atoms with E-state index in [0.29, 0.717) is 31.7 Å². The van der Waals surface area contributed by atoms with Crippen LogP contribution in [-0.2, 0) is 16.4 Å². The molecule has 1 saturated heterocycles. The van der Waals surface area contributed by atoms with E-state index in [2.05, 4.69) is 0 Å². The van der Waals surface area contributed by atoms with Crippen LogP contribution in [-0.4, -0.2) is 33.0 Å². The Bertz CT molecular complexity index is 531. The maximum absolute atomic E-state index is 13.9. The van der Waals surface area contributed by atoms with Crippen molar-refractivity contribution in [2.75, 3.05) is 29.5 Å². The van der Waals surface area contributed by atoms with Crippen LogP contribution in [0.4, 0.5) is 10.1 Å². The zero-order valence-corrected chi connectivity index (χ0v) is 10.9. The fourth-order valence-electron chi connectivity index (χ4n) is 2.11. The molecule has 2 rings (SSSR count). The van der Waals surface area contributed by atoms with Crippen LogP contribution in [0.2, 0.25) is 0 Å². The summed E-state index contributed by atoms with van der Waals surface area (Å²) in [6.45, 7) is 1.21. The standard InChI is InChI=1S/C12H17FN2O2S/c13-11-8-10(9-14)2-3-12(11)15-4-1-6-18(16,17)7-5-15/h2-3,8H,1,4-7,9,14H2. The van der Waals surface area contributed by atoms with Crippen molar-refractivity contribution in [3.8, 4) is 0 Å². The first-order chi connectivity index (χ1) is 8.52. The fraction of sp³-hybridized carbons (Fsp3) is 0.500. The first kappa shape index (κ1) is 13.3. The minimum Gasteiger partial charge on any atom is -0.368 e. The molecular weight excluding hydrogens is 255 g/mol. The number of nitrogens with two attached hydrogens (primary N) is 1. The van der Waals surface area contributed by atoms with Gasteiger partial charge in [0.2, 0.25) is 0 Å². The molecule has 4 nitrogen and oxygen atoms in total. The van der Waals surface area contributed by atoms with Gasteiger partial charge in [0, 0.05) is 19.6 Å². The highest BCUT2D eigenvalue weighted by molar-refractivity contribution is 7.91. The van der Waals surface area contributed by atoms with E-state index < -0.39 is 9.84 Å². The number of hydrogen-bond donors (Lipinski definition) is 1. The third kappa shape index (κ3) is 3.00. The van der Waals surface area contributed by atoms with Crippen molar-refractivity contribution in [3.05, 3.63) is 29.6 Å². The molecule has 100 valence electrons. The maximum Gasteiger partial charge on any atom is 0.152 e. The van der Waals surface area contributed by atoms with E-state index in [1.54, 1.807) is 17.0 Å². The average Bonchev–Trinajstić information content (AvgIpc) is 2.50. The topological polar surface area (TPSA) is 63.4 Å². The van der Waals surface area contributed by atoms with Gasteiger partial charge in [-0.1, -0.05) is 6.07 Å². The van der Waals surface area contributed by atoms with Crippen LogP contribution < -0.4 is 10.6 Å². The van der Waals surface area contributed by atoms with Crippen molar-refractivity contribution in [1.29, 1.82) is 0 Å². The summed E-state index contributed by atoms with van der Waals surface area (Å²) in [7, 11) is -2.97. The normalized spacial score (nSPS) is 19.6. The predicted molar refractivity (Wildman–Crippen MR) is 69.8 cm³/mol. The van der Waals surface area contributed by atoms with Crippen molar-refractivity contribution in [1.82, 2.24) is 0 Å². The second-order valence-electron chi connectivity index (χ2n) is 4.48. The SMILES string of the molecule is NCc1ccc(N2CCCS(=O)(=O)CC2)c(F)c1. The molecule has 1 heterocycles. The van der Waals surface area contributed by atoms with Gasteiger partial charge < -0.3 is 10.6 Å². The summed E-state index contributed by atoms with van der Waals surface area (Å²) in [6, 6.07) is 4.86. The average molecular weight is 272 g/mol. The Morgan fingerprint density at radius 3 is 2.72 bits per heavy atom. The molecule has 0 bridgehead atoms. The Morgan fingerprint density at radius 1 is 1.28 bits per heavy atom. The van der Waals surface area contributed by atoms with Gasteiger partial charge in [-0.05, 0) is 24.1 Å². The molecule has 0 unspecified atom stereocenters. The molecule has 0 amide bonds. The van der Waals surface area contributed by atoms with Gasteiger partial charge >= 0.3 is 0 Å². The van der Waals surface area contributed by atoms with Crippen LogP contribution in [0.25, 0.3) is 0 Å². The van der Waals surface area contributed by atoms with Crippen LogP contribution in [0.3, 0.4) is 0 Å². The summed E-state index contributed by atoms with van der Waals surface area (Å²) in [5.74, 6) is -0.0610. The van der Waals surface area contributed by atoms with Gasteiger partial charge in [-0.2, -0.15) is 0 Å². The van der Waals surface area contributed by atoms with E-state index >= 15 is 0 Å². The molecule has 1 fully saturated rings. The molecule has 18 heavy (non-hydrogen) atoms. The molecule has 0 radical (unpaired) electrons. The second-order valence-corrected chi connectivity index (χ2v) is 6.79. The summed E-state index contributed by atoms with van der Waals surface area (Å²) < 4.78 is 36.9. The molecule has 1 aliphatic heterocycles. The molecule has 1 aromatic carbocycles. The highest BCUT2D eigenvalue weighted by Gasteiger charge is 2.21. The minimum absolute atomic E-state index is 0.0884. The lowest BCUT2D eigenvalue weighted by Gasteiger charge is -2.22. The Labute approximate surface area is 107 Å². The highest BCUT2D eigenvalue weighted by Crippen LogP contribution is 2.22. The summed E-state index contributed by atoms with van der Waals surface area (Å²) in [5.41, 5.74) is 6.65. The third-order valence-electron chi connectivity index (χ3n) is 3.14. The van der Waals surface area contributed by atoms with Crippen molar-refractivity contribution in [3.63, 3.8) is 0 Å². The molecule has 2 N–H and O–H groups in total. The molecule has 0 saturated carbocycles. The van der Waals surface area contributed by atoms with Gasteiger partial charge in [-0.3, -0.25) is 0 Å². The lowest BCUT2D eigenvalue weighted by molar-refractivity contribution is 0.596. The number of sulfone groups is 1. The third-order valence-corrected chi connectivity index (χ3v) is 4.86. The van der Waals surface area contributed by atoms with Crippen LogP contribution in [0.15, 0.2) is 18.2 Å². The van der Waals surface area contributed by atoms with Crippen molar-refractivity contribution in [2.24, 2.45) is 5.73 Å². The zero-order chi connectivity index (χ0) is 13.2. The van der Waals surface area contributed by atoms with E-state index in [0.717, 1.165) is 5.56 Å². The van der Waals surface area contributed by atoms with Gasteiger partial charge in [0.25, 0.3) is 0 Å². The Hall–Kier alpha value is -1.14. The van der Waals surface area contributed by atoms with Crippen LogP contribution >= 0.6 is 0 Å². The largest absolute Gasteiger partial charge is 0.368 e. The lowest BCUT2D eigenvalue weighted by atomic mass is 10.2. The first-order valence-corrected chi connectivity index (χ1v) is 7.78. The van der Waals surface area contributed by atoms with E-state index in [1.807, 2.05) is 0 Å². The maximum atomic E-state index is 13.9. The first-order valence-electron chi connectivity index (χ1n) is 5.96. The molecule has 0 aromatic heterocycles. The van der Waals surface area contributed by atoms with Crippen molar-refractivity contribution < 1.29 is 12.8 Å². The molecule has 1 aromatic rings. The Kier molecular flexibility index (Phi) is 3.87. The quantitative estimate of drug-likeness (QED) is 0.869. The van der Waals surface area contributed by atoms with Crippen LogP contribution in [0, 0.1) is 5.82 Å². The summed E-state index contributed by atoms with van der Waals surface area (Å²) in [6.07, 6.45) is 0.542. The molecular formula is C12H17FN2O2S. The molecule has 0 atom stereocenters. The molecule has 1 aliphatic rings. The molecule has 0 spiro atoms. The number of halogens is 1. The smallest absolute Gasteiger partial charge is 0.152 e. The zero-order valence-electron chi connectivity index (χ0n) is 10.1. The summed E-state index contributed by atoms with van der Waals surface area (Å²) >= 11 is 0. The minimum atomic E-state index is -2.97. The number of anilines is 1. The van der Waals surface area contributed by atoms with Crippen molar-refractivity contribution in [2.45, 2.75) is 13.0 Å². The lowest BCUT2D eigenvalue weighted by Crippen LogP contribution is -2.27. The van der Waals surface area contributed by atoms with Crippen molar-refractivity contribution >= 4 is 15.5 Å². The monoisotopic (exact) mass is 272 g/mol. The van der Waals surface area contributed by atoms with Gasteiger partial charge in [0.05, 0.1) is 17.2 Å². The number of rotatable bonds is 2. The van der Waals surface area contributed by atoms with Gasteiger partial charge in [-0.15, -0.1) is 0 Å². The van der Waals surface area contributed by atoms with E-state index in [9.17, 15) is 12.8 Å². The van der Waals surface area contributed by atoms with E-state index in [4.69, 9.17) is 5.73 Å². The Balaban J connectivity index is 2.21. The fourth-order valence-corrected chi connectivity index (χ4v) is 3.38. The van der Waals surface area contributed by atoms with E-state index in [-0.39, 0.29) is 17.3 Å². The highest BCUT2D eigenvalue weighted by atomic mass is 32.2. The van der Waals surface area contributed by atoms with E-state index in [1.165, 1.54) is 6.07 Å². The van der Waals surface area contributed by atoms with Gasteiger partial charge in [0.15, 0.2) is 9.84 Å². The summed E-state index contributed by atoms with van der Waals surface area (Å²) in [4.78, 5) is 1.79. The second kappa shape index (κ2) is 5.24. The van der Waals surface area contributed by atoms with Gasteiger partial charge in [0.1, 0.15) is 5.82 Å². The number of benzene rings is 1. The number of nitrogens with zero attached hydrogens (tertiary/aromatic N) is 1. The van der Waals surface area contributed by atoms with Crippen LogP contribution in [0.1, 0.15) is 12.0 Å². The Morgan fingerprint density at radius 2 is 2.06 bits per heavy atom. The van der Waals surface area contributed by atoms with Crippen LogP contribution in [0.5, 0.6) is 0 Å². The summed E-state index contributed by atoms with van der Waals surface area (Å²) in [5, 5.41) is 0. The molecule has 0 aliphatic carbocycles. The molecule has 6 heteroatoms. The predicted octanol–water partition coefficient (Wildman–Crippen LogP) is 0.909. The van der Waals surface area contributed by atoms with Gasteiger partial charge in [-0.25, -0.2) is 12.8 Å².